The molecule has 3 N–H and O–H groups in total. The summed E-state index contributed by atoms with van der Waals surface area (Å²) < 4.78 is 3.69. The maximum atomic E-state index is 6.07. The molecule has 0 fully saturated rings. The van der Waals surface area contributed by atoms with Crippen LogP contribution in [0.25, 0.3) is 0 Å². The van der Waals surface area contributed by atoms with Crippen LogP contribution in [0.15, 0.2) is 18.5 Å². The summed E-state index contributed by atoms with van der Waals surface area (Å²) in [5, 5.41) is 12.0. The van der Waals surface area contributed by atoms with E-state index in [4.69, 9.17) is 5.73 Å². The van der Waals surface area contributed by atoms with Gasteiger partial charge in [0, 0.05) is 25.5 Å². The van der Waals surface area contributed by atoms with Gasteiger partial charge in [0.1, 0.15) is 5.82 Å². The van der Waals surface area contributed by atoms with E-state index in [1.807, 2.05) is 24.0 Å². The van der Waals surface area contributed by atoms with Crippen molar-refractivity contribution < 1.29 is 0 Å². The van der Waals surface area contributed by atoms with Gasteiger partial charge in [-0.1, -0.05) is 6.92 Å². The maximum absolute atomic E-state index is 6.07. The van der Waals surface area contributed by atoms with E-state index in [0.29, 0.717) is 0 Å². The number of hydrogen-bond acceptors (Lipinski definition) is 4. The number of anilines is 2. The molecule has 0 bridgehead atoms. The fourth-order valence-corrected chi connectivity index (χ4v) is 2.00. The summed E-state index contributed by atoms with van der Waals surface area (Å²) in [5.41, 5.74) is 7.75. The van der Waals surface area contributed by atoms with Gasteiger partial charge in [0.15, 0.2) is 0 Å². The molecule has 0 aliphatic carbocycles. The second-order valence-corrected chi connectivity index (χ2v) is 4.46. The monoisotopic (exact) mass is 248 g/mol. The number of nitrogen functional groups attached to an aromatic ring is 1. The molecule has 18 heavy (non-hydrogen) atoms. The molecule has 2 rings (SSSR count). The SMILES string of the molecule is CCc1nn(C)c(NC(C)Cn2cccn2)c1N. The third-order valence-electron chi connectivity index (χ3n) is 2.90. The van der Waals surface area contributed by atoms with Crippen molar-refractivity contribution in [3.8, 4) is 0 Å². The summed E-state index contributed by atoms with van der Waals surface area (Å²) in [5.74, 6) is 0.881. The molecular weight excluding hydrogens is 228 g/mol. The number of nitrogens with one attached hydrogen (secondary N) is 1. The van der Waals surface area contributed by atoms with Crippen LogP contribution in [0.4, 0.5) is 11.5 Å². The Hall–Kier alpha value is -1.98. The molecule has 6 heteroatoms. The zero-order chi connectivity index (χ0) is 13.1. The van der Waals surface area contributed by atoms with E-state index in [1.54, 1.807) is 10.9 Å². The molecule has 1 unspecified atom stereocenters. The molecular formula is C12H20N6. The molecule has 0 aliphatic heterocycles. The molecule has 2 heterocycles. The van der Waals surface area contributed by atoms with Crippen LogP contribution >= 0.6 is 0 Å². The van der Waals surface area contributed by atoms with Crippen molar-refractivity contribution in [3.05, 3.63) is 24.2 Å². The second kappa shape index (κ2) is 5.12. The smallest absolute Gasteiger partial charge is 0.148 e. The van der Waals surface area contributed by atoms with Gasteiger partial charge in [-0.3, -0.25) is 9.36 Å². The van der Waals surface area contributed by atoms with Gasteiger partial charge in [0.05, 0.1) is 17.9 Å². The highest BCUT2D eigenvalue weighted by Gasteiger charge is 2.14. The summed E-state index contributed by atoms with van der Waals surface area (Å²) in [4.78, 5) is 0. The molecule has 0 spiro atoms. The summed E-state index contributed by atoms with van der Waals surface area (Å²) in [7, 11) is 1.90. The molecule has 0 aromatic carbocycles. The fraction of sp³-hybridized carbons (Fsp3) is 0.500. The first kappa shape index (κ1) is 12.5. The van der Waals surface area contributed by atoms with Crippen LogP contribution in [0.5, 0.6) is 0 Å². The van der Waals surface area contributed by atoms with Crippen LogP contribution in [-0.2, 0) is 20.0 Å². The van der Waals surface area contributed by atoms with Crippen molar-refractivity contribution in [2.24, 2.45) is 7.05 Å². The lowest BCUT2D eigenvalue weighted by molar-refractivity contribution is 0.556. The van der Waals surface area contributed by atoms with Crippen molar-refractivity contribution in [1.82, 2.24) is 19.6 Å². The standard InChI is InChI=1S/C12H20N6/c1-4-10-11(13)12(17(3)16-10)15-9(2)8-18-7-5-6-14-18/h5-7,9,15H,4,8,13H2,1-3H3. The average Bonchev–Trinajstić information content (AvgIpc) is 2.92. The van der Waals surface area contributed by atoms with Gasteiger partial charge >= 0.3 is 0 Å². The first-order valence-electron chi connectivity index (χ1n) is 6.17. The third-order valence-corrected chi connectivity index (χ3v) is 2.90. The first-order valence-corrected chi connectivity index (χ1v) is 6.17. The minimum absolute atomic E-state index is 0.229. The summed E-state index contributed by atoms with van der Waals surface area (Å²) in [6.45, 7) is 4.94. The first-order chi connectivity index (χ1) is 8.61. The number of aromatic nitrogens is 4. The van der Waals surface area contributed by atoms with Gasteiger partial charge in [-0.05, 0) is 19.4 Å². The van der Waals surface area contributed by atoms with Gasteiger partial charge in [-0.25, -0.2) is 0 Å². The molecule has 0 saturated heterocycles. The fourth-order valence-electron chi connectivity index (χ4n) is 2.00. The van der Waals surface area contributed by atoms with Crippen molar-refractivity contribution in [2.45, 2.75) is 32.9 Å². The Morgan fingerprint density at radius 1 is 1.50 bits per heavy atom. The molecule has 2 aromatic rings. The van der Waals surface area contributed by atoms with Gasteiger partial charge in [-0.15, -0.1) is 0 Å². The molecule has 1 atom stereocenters. The Morgan fingerprint density at radius 2 is 2.28 bits per heavy atom. The highest BCUT2D eigenvalue weighted by Crippen LogP contribution is 2.23. The second-order valence-electron chi connectivity index (χ2n) is 4.46. The predicted molar refractivity (Wildman–Crippen MR) is 72.3 cm³/mol. The lowest BCUT2D eigenvalue weighted by atomic mass is 10.2. The third kappa shape index (κ3) is 2.47. The van der Waals surface area contributed by atoms with Gasteiger partial charge in [0.2, 0.25) is 0 Å². The van der Waals surface area contributed by atoms with E-state index < -0.39 is 0 Å². The summed E-state index contributed by atoms with van der Waals surface area (Å²) >= 11 is 0. The van der Waals surface area contributed by atoms with E-state index in [-0.39, 0.29) is 6.04 Å². The summed E-state index contributed by atoms with van der Waals surface area (Å²) in [6.07, 6.45) is 4.57. The number of nitrogens with two attached hydrogens (primary N) is 1. The Morgan fingerprint density at radius 3 is 2.83 bits per heavy atom. The Balaban J connectivity index is 2.07. The van der Waals surface area contributed by atoms with E-state index in [9.17, 15) is 0 Å². The average molecular weight is 248 g/mol. The van der Waals surface area contributed by atoms with Crippen LogP contribution in [-0.4, -0.2) is 25.6 Å². The van der Waals surface area contributed by atoms with E-state index in [1.165, 1.54) is 0 Å². The van der Waals surface area contributed by atoms with Crippen LogP contribution in [0.1, 0.15) is 19.5 Å². The van der Waals surface area contributed by atoms with Crippen molar-refractivity contribution in [2.75, 3.05) is 11.1 Å². The number of nitrogens with zero attached hydrogens (tertiary/aromatic N) is 4. The predicted octanol–water partition coefficient (Wildman–Crippen LogP) is 1.26. The normalized spacial score (nSPS) is 12.6. The number of rotatable bonds is 5. The molecule has 2 aromatic heterocycles. The molecule has 98 valence electrons. The van der Waals surface area contributed by atoms with Crippen LogP contribution < -0.4 is 11.1 Å². The minimum Gasteiger partial charge on any atom is -0.394 e. The largest absolute Gasteiger partial charge is 0.394 e. The van der Waals surface area contributed by atoms with E-state index in [0.717, 1.165) is 30.2 Å². The lowest BCUT2D eigenvalue weighted by Gasteiger charge is -2.15. The van der Waals surface area contributed by atoms with Crippen molar-refractivity contribution in [3.63, 3.8) is 0 Å². The Labute approximate surface area is 107 Å². The zero-order valence-corrected chi connectivity index (χ0v) is 11.1. The van der Waals surface area contributed by atoms with E-state index >= 15 is 0 Å². The van der Waals surface area contributed by atoms with Crippen LogP contribution in [0.2, 0.25) is 0 Å². The molecule has 0 saturated carbocycles. The molecule has 6 nitrogen and oxygen atoms in total. The van der Waals surface area contributed by atoms with E-state index in [2.05, 4.69) is 29.4 Å². The summed E-state index contributed by atoms with van der Waals surface area (Å²) in [6, 6.07) is 2.15. The maximum Gasteiger partial charge on any atom is 0.148 e. The number of aryl methyl sites for hydroxylation is 2. The Kier molecular flexibility index (Phi) is 3.55. The van der Waals surface area contributed by atoms with Crippen molar-refractivity contribution >= 4 is 11.5 Å². The van der Waals surface area contributed by atoms with Crippen molar-refractivity contribution in [1.29, 1.82) is 0 Å². The quantitative estimate of drug-likeness (QED) is 0.835. The minimum atomic E-state index is 0.229. The topological polar surface area (TPSA) is 73.7 Å². The van der Waals surface area contributed by atoms with Gasteiger partial charge in [-0.2, -0.15) is 10.2 Å². The molecule has 0 aliphatic rings. The highest BCUT2D eigenvalue weighted by atomic mass is 15.3. The van der Waals surface area contributed by atoms with Gasteiger partial charge in [0.25, 0.3) is 0 Å². The Bertz CT molecular complexity index is 499. The van der Waals surface area contributed by atoms with Crippen LogP contribution in [0.3, 0.4) is 0 Å². The lowest BCUT2D eigenvalue weighted by Crippen LogP contribution is -2.24. The number of hydrogen-bond donors (Lipinski definition) is 2. The zero-order valence-electron chi connectivity index (χ0n) is 11.1. The van der Waals surface area contributed by atoms with Gasteiger partial charge < -0.3 is 11.1 Å². The molecule has 0 radical (unpaired) electrons. The van der Waals surface area contributed by atoms with Crippen LogP contribution in [0, 0.1) is 0 Å². The highest BCUT2D eigenvalue weighted by molar-refractivity contribution is 5.65. The molecule has 0 amide bonds.